The van der Waals surface area contributed by atoms with E-state index in [1.165, 1.54) is 4.90 Å². The van der Waals surface area contributed by atoms with Gasteiger partial charge in [0.15, 0.2) is 6.04 Å². The van der Waals surface area contributed by atoms with Crippen LogP contribution in [0.15, 0.2) is 24.3 Å². The number of nitrogens with zero attached hydrogens (tertiary/aromatic N) is 1. The summed E-state index contributed by atoms with van der Waals surface area (Å²) in [7, 11) is 1.59. The fourth-order valence-electron chi connectivity index (χ4n) is 1.73. The molecule has 0 aromatic heterocycles. The zero-order chi connectivity index (χ0) is 15.3. The number of carbonyl (C=O) groups is 2. The molecule has 1 rings (SSSR count). The Kier molecular flexibility index (Phi) is 5.98. The van der Waals surface area contributed by atoms with Crippen molar-refractivity contribution in [2.45, 2.75) is 25.9 Å². The number of esters is 1. The topological polar surface area (TPSA) is 72.6 Å². The molecule has 0 radical (unpaired) electrons. The molecule has 5 nitrogen and oxygen atoms in total. The molecule has 110 valence electrons. The van der Waals surface area contributed by atoms with E-state index in [2.05, 4.69) is 0 Å². The van der Waals surface area contributed by atoms with E-state index < -0.39 is 17.9 Å². The molecule has 2 atom stereocenters. The highest BCUT2D eigenvalue weighted by Crippen LogP contribution is 2.22. The van der Waals surface area contributed by atoms with Crippen molar-refractivity contribution in [1.82, 2.24) is 4.90 Å². The highest BCUT2D eigenvalue weighted by Gasteiger charge is 2.29. The van der Waals surface area contributed by atoms with Gasteiger partial charge in [-0.05, 0) is 31.5 Å². The third kappa shape index (κ3) is 3.95. The quantitative estimate of drug-likeness (QED) is 0.664. The third-order valence-corrected chi connectivity index (χ3v) is 3.30. The van der Waals surface area contributed by atoms with E-state index in [1.807, 2.05) is 13.0 Å². The Labute approximate surface area is 123 Å². The molecule has 2 unspecified atom stereocenters. The fraction of sp³-hybridized carbons (Fsp3) is 0.429. The minimum Gasteiger partial charge on any atom is -0.464 e. The van der Waals surface area contributed by atoms with Gasteiger partial charge in [-0.15, -0.1) is 0 Å². The summed E-state index contributed by atoms with van der Waals surface area (Å²) in [6.07, 6.45) is 0. The number of likely N-dealkylation sites (N-methyl/N-ethyl adjacent to an activating group) is 1. The van der Waals surface area contributed by atoms with Crippen LogP contribution in [0.1, 0.15) is 25.5 Å². The van der Waals surface area contributed by atoms with Gasteiger partial charge in [0, 0.05) is 12.1 Å². The SMILES string of the molecule is CCOC(=O)C(N)C(=O)N(C)C(C)c1cccc(Cl)c1. The van der Waals surface area contributed by atoms with Crippen LogP contribution in [0.4, 0.5) is 0 Å². The summed E-state index contributed by atoms with van der Waals surface area (Å²) in [6, 6.07) is 5.63. The first-order chi connectivity index (χ1) is 9.38. The molecule has 1 amide bonds. The van der Waals surface area contributed by atoms with Crippen LogP contribution in [0.5, 0.6) is 0 Å². The Morgan fingerprint density at radius 3 is 2.65 bits per heavy atom. The highest BCUT2D eigenvalue weighted by atomic mass is 35.5. The predicted octanol–water partition coefficient (Wildman–Crippen LogP) is 1.75. The lowest BCUT2D eigenvalue weighted by Crippen LogP contribution is -2.48. The van der Waals surface area contributed by atoms with Crippen LogP contribution in [0.2, 0.25) is 5.02 Å². The Morgan fingerprint density at radius 1 is 1.45 bits per heavy atom. The monoisotopic (exact) mass is 298 g/mol. The van der Waals surface area contributed by atoms with Crippen LogP contribution in [-0.4, -0.2) is 36.5 Å². The Bertz CT molecular complexity index is 493. The molecule has 20 heavy (non-hydrogen) atoms. The maximum absolute atomic E-state index is 12.1. The van der Waals surface area contributed by atoms with Crippen molar-refractivity contribution in [3.05, 3.63) is 34.9 Å². The maximum Gasteiger partial charge on any atom is 0.332 e. The zero-order valence-electron chi connectivity index (χ0n) is 11.8. The summed E-state index contributed by atoms with van der Waals surface area (Å²) < 4.78 is 4.75. The van der Waals surface area contributed by atoms with Crippen molar-refractivity contribution in [2.24, 2.45) is 5.73 Å². The van der Waals surface area contributed by atoms with Gasteiger partial charge in [0.1, 0.15) is 0 Å². The molecule has 0 bridgehead atoms. The highest BCUT2D eigenvalue weighted by molar-refractivity contribution is 6.30. The molecule has 1 aromatic rings. The van der Waals surface area contributed by atoms with E-state index in [9.17, 15) is 9.59 Å². The van der Waals surface area contributed by atoms with E-state index in [4.69, 9.17) is 22.1 Å². The van der Waals surface area contributed by atoms with Crippen LogP contribution in [0.25, 0.3) is 0 Å². The van der Waals surface area contributed by atoms with E-state index in [0.717, 1.165) is 5.56 Å². The number of hydrogen-bond donors (Lipinski definition) is 1. The van der Waals surface area contributed by atoms with Crippen LogP contribution in [0.3, 0.4) is 0 Å². The second-order valence-electron chi connectivity index (χ2n) is 4.41. The lowest BCUT2D eigenvalue weighted by atomic mass is 10.1. The largest absolute Gasteiger partial charge is 0.464 e. The second-order valence-corrected chi connectivity index (χ2v) is 4.85. The average Bonchev–Trinajstić information content (AvgIpc) is 2.44. The molecule has 0 spiro atoms. The van der Waals surface area contributed by atoms with Gasteiger partial charge in [-0.2, -0.15) is 0 Å². The predicted molar refractivity (Wildman–Crippen MR) is 77.2 cm³/mol. The summed E-state index contributed by atoms with van der Waals surface area (Å²) in [5.74, 6) is -1.21. The summed E-state index contributed by atoms with van der Waals surface area (Å²) in [5.41, 5.74) is 6.47. The minimum absolute atomic E-state index is 0.188. The molecule has 6 heteroatoms. The van der Waals surface area contributed by atoms with Crippen LogP contribution < -0.4 is 5.73 Å². The fourth-order valence-corrected chi connectivity index (χ4v) is 1.93. The molecule has 2 N–H and O–H groups in total. The lowest BCUT2D eigenvalue weighted by molar-refractivity contribution is -0.151. The first-order valence-corrected chi connectivity index (χ1v) is 6.70. The van der Waals surface area contributed by atoms with E-state index >= 15 is 0 Å². The van der Waals surface area contributed by atoms with Gasteiger partial charge in [-0.1, -0.05) is 23.7 Å². The summed E-state index contributed by atoms with van der Waals surface area (Å²) >= 11 is 5.93. The standard InChI is InChI=1S/C14H19ClN2O3/c1-4-20-14(19)12(16)13(18)17(3)9(2)10-6-5-7-11(15)8-10/h5-9,12H,4,16H2,1-3H3. The van der Waals surface area contributed by atoms with E-state index in [1.54, 1.807) is 32.2 Å². The van der Waals surface area contributed by atoms with Crippen molar-refractivity contribution >= 4 is 23.5 Å². The molecule has 0 heterocycles. The Morgan fingerprint density at radius 2 is 2.10 bits per heavy atom. The van der Waals surface area contributed by atoms with Gasteiger partial charge in [0.05, 0.1) is 12.6 Å². The van der Waals surface area contributed by atoms with Gasteiger partial charge in [0.25, 0.3) is 5.91 Å². The molecule has 0 saturated heterocycles. The summed E-state index contributed by atoms with van der Waals surface area (Å²) in [5, 5.41) is 0.588. The number of ether oxygens (including phenoxy) is 1. The molecule has 0 aliphatic heterocycles. The molecule has 1 aromatic carbocycles. The van der Waals surface area contributed by atoms with Crippen molar-refractivity contribution in [3.8, 4) is 0 Å². The Balaban J connectivity index is 2.80. The normalized spacial score (nSPS) is 13.4. The molecular formula is C14H19ClN2O3. The van der Waals surface area contributed by atoms with Gasteiger partial charge in [0.2, 0.25) is 0 Å². The minimum atomic E-state index is -1.30. The molecule has 0 aliphatic rings. The average molecular weight is 299 g/mol. The molecular weight excluding hydrogens is 280 g/mol. The van der Waals surface area contributed by atoms with Crippen molar-refractivity contribution in [2.75, 3.05) is 13.7 Å². The number of halogens is 1. The lowest BCUT2D eigenvalue weighted by Gasteiger charge is -2.27. The molecule has 0 aliphatic carbocycles. The van der Waals surface area contributed by atoms with Crippen molar-refractivity contribution in [1.29, 1.82) is 0 Å². The van der Waals surface area contributed by atoms with Crippen LogP contribution in [-0.2, 0) is 14.3 Å². The van der Waals surface area contributed by atoms with Crippen molar-refractivity contribution in [3.63, 3.8) is 0 Å². The first-order valence-electron chi connectivity index (χ1n) is 6.32. The number of hydrogen-bond acceptors (Lipinski definition) is 4. The summed E-state index contributed by atoms with van der Waals surface area (Å²) in [6.45, 7) is 3.68. The first kappa shape index (κ1) is 16.5. The third-order valence-electron chi connectivity index (χ3n) is 3.07. The van der Waals surface area contributed by atoms with Crippen molar-refractivity contribution < 1.29 is 14.3 Å². The zero-order valence-corrected chi connectivity index (χ0v) is 12.6. The van der Waals surface area contributed by atoms with Gasteiger partial charge in [-0.25, -0.2) is 4.79 Å². The maximum atomic E-state index is 12.1. The number of rotatable bonds is 5. The van der Waals surface area contributed by atoms with Crippen LogP contribution in [0, 0.1) is 0 Å². The van der Waals surface area contributed by atoms with Gasteiger partial charge in [-0.3, -0.25) is 4.79 Å². The smallest absolute Gasteiger partial charge is 0.332 e. The van der Waals surface area contributed by atoms with Gasteiger partial charge >= 0.3 is 5.97 Å². The van der Waals surface area contributed by atoms with Gasteiger partial charge < -0.3 is 15.4 Å². The number of nitrogens with two attached hydrogens (primary N) is 1. The number of carbonyl (C=O) groups excluding carboxylic acids is 2. The number of benzene rings is 1. The molecule has 0 fully saturated rings. The van der Waals surface area contributed by atoms with Crippen LogP contribution >= 0.6 is 11.6 Å². The Hall–Kier alpha value is -1.59. The second kappa shape index (κ2) is 7.26. The van der Waals surface area contributed by atoms with E-state index in [0.29, 0.717) is 5.02 Å². The number of amides is 1. The summed E-state index contributed by atoms with van der Waals surface area (Å²) in [4.78, 5) is 25.0. The van der Waals surface area contributed by atoms with E-state index in [-0.39, 0.29) is 12.6 Å². The molecule has 0 saturated carbocycles.